The van der Waals surface area contributed by atoms with Gasteiger partial charge in [0.25, 0.3) is 0 Å². The number of carbonyl (C=O) groups is 1. The normalized spacial score (nSPS) is 10.4. The quantitative estimate of drug-likeness (QED) is 0.672. The van der Waals surface area contributed by atoms with E-state index in [1.807, 2.05) is 26.0 Å². The molecule has 27 heavy (non-hydrogen) atoms. The van der Waals surface area contributed by atoms with E-state index in [0.717, 1.165) is 16.9 Å². The highest BCUT2D eigenvalue weighted by Gasteiger charge is 2.13. The Hall–Kier alpha value is -3.12. The van der Waals surface area contributed by atoms with Gasteiger partial charge in [0, 0.05) is 29.5 Å². The van der Waals surface area contributed by atoms with Crippen LogP contribution in [-0.2, 0) is 0 Å². The van der Waals surface area contributed by atoms with E-state index >= 15 is 0 Å². The lowest BCUT2D eigenvalue weighted by Gasteiger charge is -2.19. The smallest absolute Gasteiger partial charge is 0.326 e. The molecule has 1 N–H and O–H groups in total. The van der Waals surface area contributed by atoms with Gasteiger partial charge in [0.1, 0.15) is 5.75 Å². The summed E-state index contributed by atoms with van der Waals surface area (Å²) in [7, 11) is 1.69. The molecule has 0 unspecified atom stereocenters. The lowest BCUT2D eigenvalue weighted by Crippen LogP contribution is -2.31. The molecule has 0 fully saturated rings. The number of nitrogens with one attached hydrogen (secondary N) is 1. The van der Waals surface area contributed by atoms with Crippen molar-refractivity contribution in [3.05, 3.63) is 70.9 Å². The van der Waals surface area contributed by atoms with Crippen molar-refractivity contribution < 1.29 is 9.53 Å². The molecule has 2 aromatic carbocycles. The average Bonchev–Trinajstić information content (AvgIpc) is 2.67. The molecule has 0 aliphatic rings. The molecule has 2 amide bonds. The molecule has 0 saturated carbocycles. The molecule has 0 aliphatic heterocycles. The summed E-state index contributed by atoms with van der Waals surface area (Å²) in [5.41, 5.74) is 3.04. The summed E-state index contributed by atoms with van der Waals surface area (Å²) < 4.78 is 5.65. The molecule has 1 aromatic heterocycles. The second-order valence-electron chi connectivity index (χ2n) is 6.01. The van der Waals surface area contributed by atoms with E-state index in [2.05, 4.69) is 15.5 Å². The van der Waals surface area contributed by atoms with Crippen molar-refractivity contribution in [3.8, 4) is 11.6 Å². The van der Waals surface area contributed by atoms with Gasteiger partial charge < -0.3 is 10.1 Å². The average molecular weight is 383 g/mol. The number of ether oxygens (including phenoxy) is 1. The number of halogens is 1. The van der Waals surface area contributed by atoms with Gasteiger partial charge in [-0.05, 0) is 61.9 Å². The Kier molecular flexibility index (Phi) is 5.57. The number of urea groups is 1. The summed E-state index contributed by atoms with van der Waals surface area (Å²) in [6, 6.07) is 15.8. The molecule has 0 atom stereocenters. The minimum atomic E-state index is -0.265. The van der Waals surface area contributed by atoms with Gasteiger partial charge in [-0.1, -0.05) is 17.7 Å². The third-order valence-corrected chi connectivity index (χ3v) is 4.44. The molecule has 7 heteroatoms. The number of nitrogens with zero attached hydrogens (tertiary/aromatic N) is 3. The van der Waals surface area contributed by atoms with Crippen LogP contribution in [0.3, 0.4) is 0 Å². The van der Waals surface area contributed by atoms with Gasteiger partial charge >= 0.3 is 6.03 Å². The predicted octanol–water partition coefficient (Wildman–Crippen LogP) is 5.21. The van der Waals surface area contributed by atoms with Crippen molar-refractivity contribution in [1.29, 1.82) is 0 Å². The van der Waals surface area contributed by atoms with Crippen molar-refractivity contribution in [1.82, 2.24) is 10.2 Å². The molecule has 6 nitrogen and oxygen atoms in total. The van der Waals surface area contributed by atoms with Crippen LogP contribution >= 0.6 is 11.6 Å². The van der Waals surface area contributed by atoms with Gasteiger partial charge in [0.2, 0.25) is 5.88 Å². The Labute approximate surface area is 162 Å². The van der Waals surface area contributed by atoms with Crippen LogP contribution < -0.4 is 15.0 Å². The highest BCUT2D eigenvalue weighted by Crippen LogP contribution is 2.25. The zero-order chi connectivity index (χ0) is 19.4. The lowest BCUT2D eigenvalue weighted by molar-refractivity contribution is 0.258. The van der Waals surface area contributed by atoms with Gasteiger partial charge in [-0.2, -0.15) is 5.10 Å². The Morgan fingerprint density at radius 3 is 2.44 bits per heavy atom. The molecule has 0 bridgehead atoms. The van der Waals surface area contributed by atoms with Crippen LogP contribution in [0.4, 0.5) is 16.2 Å². The molecule has 3 rings (SSSR count). The first-order chi connectivity index (χ1) is 12.9. The molecule has 0 aliphatic carbocycles. The maximum Gasteiger partial charge on any atom is 0.326 e. The van der Waals surface area contributed by atoms with Gasteiger partial charge in [0.15, 0.2) is 0 Å². The monoisotopic (exact) mass is 382 g/mol. The second kappa shape index (κ2) is 8.05. The van der Waals surface area contributed by atoms with Crippen molar-refractivity contribution in [2.24, 2.45) is 0 Å². The van der Waals surface area contributed by atoms with Gasteiger partial charge in [-0.15, -0.1) is 5.10 Å². The Morgan fingerprint density at radius 1 is 1.04 bits per heavy atom. The van der Waals surface area contributed by atoms with E-state index in [4.69, 9.17) is 16.3 Å². The first-order valence-corrected chi connectivity index (χ1v) is 8.70. The SMILES string of the molecule is Cc1ccc(Oc2ccc(N(C)C(=O)Nc3cccc(Cl)c3C)cc2)nn1. The number of amides is 2. The first kappa shape index (κ1) is 18.7. The van der Waals surface area contributed by atoms with Crippen LogP contribution in [-0.4, -0.2) is 23.3 Å². The van der Waals surface area contributed by atoms with Crippen LogP contribution in [0.5, 0.6) is 11.6 Å². The number of rotatable bonds is 4. The molecule has 0 radical (unpaired) electrons. The van der Waals surface area contributed by atoms with Crippen LogP contribution in [0.1, 0.15) is 11.3 Å². The summed E-state index contributed by atoms with van der Waals surface area (Å²) in [5.74, 6) is 1.02. The maximum atomic E-state index is 12.5. The minimum absolute atomic E-state index is 0.265. The zero-order valence-corrected chi connectivity index (χ0v) is 16.0. The largest absolute Gasteiger partial charge is 0.438 e. The van der Waals surface area contributed by atoms with Crippen LogP contribution in [0.15, 0.2) is 54.6 Å². The number of hydrogen-bond acceptors (Lipinski definition) is 4. The van der Waals surface area contributed by atoms with Gasteiger partial charge in [0.05, 0.1) is 5.69 Å². The number of aryl methyl sites for hydroxylation is 1. The Morgan fingerprint density at radius 2 is 1.78 bits per heavy atom. The fourth-order valence-corrected chi connectivity index (χ4v) is 2.53. The summed E-state index contributed by atoms with van der Waals surface area (Å²) in [5, 5.41) is 11.4. The van der Waals surface area contributed by atoms with E-state index in [9.17, 15) is 4.79 Å². The van der Waals surface area contributed by atoms with Crippen LogP contribution in [0.2, 0.25) is 5.02 Å². The van der Waals surface area contributed by atoms with E-state index in [0.29, 0.717) is 22.3 Å². The number of benzene rings is 2. The van der Waals surface area contributed by atoms with E-state index in [-0.39, 0.29) is 6.03 Å². The minimum Gasteiger partial charge on any atom is -0.438 e. The fraction of sp³-hybridized carbons (Fsp3) is 0.150. The first-order valence-electron chi connectivity index (χ1n) is 8.32. The predicted molar refractivity (Wildman–Crippen MR) is 107 cm³/mol. The second-order valence-corrected chi connectivity index (χ2v) is 6.42. The standard InChI is InChI=1S/C20H19ClN4O2/c1-13-7-12-19(24-23-13)27-16-10-8-15(9-11-16)25(3)20(26)22-18-6-4-5-17(21)14(18)2/h4-12H,1-3H3,(H,22,26). The highest BCUT2D eigenvalue weighted by molar-refractivity contribution is 6.31. The Bertz CT molecular complexity index is 943. The molecule has 0 spiro atoms. The topological polar surface area (TPSA) is 67.3 Å². The fourth-order valence-electron chi connectivity index (χ4n) is 2.36. The number of anilines is 2. The molecular weight excluding hydrogens is 364 g/mol. The molecule has 3 aromatic rings. The van der Waals surface area contributed by atoms with E-state index < -0.39 is 0 Å². The van der Waals surface area contributed by atoms with Crippen molar-refractivity contribution >= 4 is 29.0 Å². The third kappa shape index (κ3) is 4.54. The van der Waals surface area contributed by atoms with E-state index in [1.54, 1.807) is 49.5 Å². The number of aromatic nitrogens is 2. The van der Waals surface area contributed by atoms with Crippen LogP contribution in [0.25, 0.3) is 0 Å². The van der Waals surface area contributed by atoms with Crippen LogP contribution in [0, 0.1) is 13.8 Å². The summed E-state index contributed by atoms with van der Waals surface area (Å²) in [6.45, 7) is 3.72. The van der Waals surface area contributed by atoms with E-state index in [1.165, 1.54) is 4.90 Å². The number of hydrogen-bond donors (Lipinski definition) is 1. The summed E-state index contributed by atoms with van der Waals surface area (Å²) >= 11 is 6.10. The van der Waals surface area contributed by atoms with Gasteiger partial charge in [-0.25, -0.2) is 4.79 Å². The summed E-state index contributed by atoms with van der Waals surface area (Å²) in [6.07, 6.45) is 0. The molecular formula is C20H19ClN4O2. The maximum absolute atomic E-state index is 12.5. The number of carbonyl (C=O) groups excluding carboxylic acids is 1. The molecule has 138 valence electrons. The zero-order valence-electron chi connectivity index (χ0n) is 15.2. The van der Waals surface area contributed by atoms with Crippen molar-refractivity contribution in [3.63, 3.8) is 0 Å². The van der Waals surface area contributed by atoms with Crippen molar-refractivity contribution in [2.45, 2.75) is 13.8 Å². The molecule has 0 saturated heterocycles. The molecule has 1 heterocycles. The third-order valence-electron chi connectivity index (χ3n) is 4.03. The van der Waals surface area contributed by atoms with Crippen molar-refractivity contribution in [2.75, 3.05) is 17.3 Å². The highest BCUT2D eigenvalue weighted by atomic mass is 35.5. The lowest BCUT2D eigenvalue weighted by atomic mass is 10.2. The Balaban J connectivity index is 1.67. The van der Waals surface area contributed by atoms with Gasteiger partial charge in [-0.3, -0.25) is 4.90 Å². The summed E-state index contributed by atoms with van der Waals surface area (Å²) in [4.78, 5) is 14.0.